The first-order valence-corrected chi connectivity index (χ1v) is 7.51. The number of benzene rings is 2. The van der Waals surface area contributed by atoms with Crippen molar-refractivity contribution in [1.29, 1.82) is 5.26 Å². The fourth-order valence-electron chi connectivity index (χ4n) is 1.73. The molecule has 5 heteroatoms. The van der Waals surface area contributed by atoms with Crippen molar-refractivity contribution in [2.75, 3.05) is 0 Å². The summed E-state index contributed by atoms with van der Waals surface area (Å²) in [5.74, 6) is -0.265. The monoisotopic (exact) mass is 405 g/mol. The van der Waals surface area contributed by atoms with Crippen molar-refractivity contribution < 1.29 is 9.90 Å². The van der Waals surface area contributed by atoms with E-state index in [1.807, 2.05) is 6.07 Å². The third-order valence-electron chi connectivity index (χ3n) is 2.75. The number of nitriles is 1. The topological polar surface area (TPSA) is 61.1 Å². The van der Waals surface area contributed by atoms with Gasteiger partial charge in [-0.1, -0.05) is 30.3 Å². The number of aromatic hydroxyl groups is 1. The summed E-state index contributed by atoms with van der Waals surface area (Å²) in [5.41, 5.74) is 1.13. The lowest BCUT2D eigenvalue weighted by Crippen LogP contribution is -2.01. The Morgan fingerprint density at radius 3 is 2.24 bits per heavy atom. The molecule has 0 bridgehead atoms. The maximum absolute atomic E-state index is 12.3. The highest BCUT2D eigenvalue weighted by atomic mass is 79.9. The first-order chi connectivity index (χ1) is 10.0. The minimum absolute atomic E-state index is 0.0330. The fourth-order valence-corrected chi connectivity index (χ4v) is 2.95. The molecule has 0 amide bonds. The number of carbonyl (C=O) groups excluding carboxylic acids is 1. The van der Waals surface area contributed by atoms with Crippen LogP contribution in [0.5, 0.6) is 5.75 Å². The van der Waals surface area contributed by atoms with Crippen LogP contribution >= 0.6 is 31.9 Å². The number of phenolic OH excluding ortho intramolecular Hbond substituents is 1. The van der Waals surface area contributed by atoms with E-state index in [4.69, 9.17) is 0 Å². The highest BCUT2D eigenvalue weighted by molar-refractivity contribution is 9.11. The molecule has 1 N–H and O–H groups in total. The predicted molar refractivity (Wildman–Crippen MR) is 87.9 cm³/mol. The van der Waals surface area contributed by atoms with Gasteiger partial charge < -0.3 is 5.11 Å². The molecule has 104 valence electrons. The molecular weight excluding hydrogens is 398 g/mol. The van der Waals surface area contributed by atoms with Gasteiger partial charge in [-0.15, -0.1) is 0 Å². The van der Waals surface area contributed by atoms with Gasteiger partial charge in [-0.05, 0) is 55.6 Å². The average molecular weight is 407 g/mol. The molecule has 21 heavy (non-hydrogen) atoms. The lowest BCUT2D eigenvalue weighted by atomic mass is 10.0. The Bertz CT molecular complexity index is 739. The zero-order valence-corrected chi connectivity index (χ0v) is 13.8. The Balaban J connectivity index is 2.43. The Kier molecular flexibility index (Phi) is 4.94. The van der Waals surface area contributed by atoms with E-state index in [1.54, 1.807) is 42.5 Å². The zero-order valence-electron chi connectivity index (χ0n) is 10.7. The molecule has 0 atom stereocenters. The van der Waals surface area contributed by atoms with E-state index in [-0.39, 0.29) is 17.1 Å². The quantitative estimate of drug-likeness (QED) is 0.456. The largest absolute Gasteiger partial charge is 0.506 e. The van der Waals surface area contributed by atoms with E-state index in [0.29, 0.717) is 20.1 Å². The van der Waals surface area contributed by atoms with Crippen LogP contribution in [0.1, 0.15) is 15.9 Å². The Labute approximate surface area is 138 Å². The zero-order chi connectivity index (χ0) is 15.4. The summed E-state index contributed by atoms with van der Waals surface area (Å²) in [6.45, 7) is 0. The first-order valence-electron chi connectivity index (χ1n) is 5.92. The third-order valence-corrected chi connectivity index (χ3v) is 3.96. The summed E-state index contributed by atoms with van der Waals surface area (Å²) in [4.78, 5) is 12.3. The summed E-state index contributed by atoms with van der Waals surface area (Å²) in [5, 5.41) is 18.9. The van der Waals surface area contributed by atoms with Gasteiger partial charge in [0.2, 0.25) is 5.78 Å². The second-order valence-electron chi connectivity index (χ2n) is 4.20. The maximum Gasteiger partial charge on any atom is 0.203 e. The van der Waals surface area contributed by atoms with Crippen LogP contribution in [0.4, 0.5) is 0 Å². The predicted octanol–water partition coefficient (Wildman–Crippen LogP) is 4.71. The van der Waals surface area contributed by atoms with Crippen molar-refractivity contribution in [3.63, 3.8) is 0 Å². The van der Waals surface area contributed by atoms with Crippen LogP contribution in [-0.2, 0) is 0 Å². The number of nitrogens with zero attached hydrogens (tertiary/aromatic N) is 1. The standard InChI is InChI=1S/C16H9Br2NO2/c17-13-7-10(8-14(18)16(13)21)6-12(9-19)15(20)11-4-2-1-3-5-11/h1-8,21H/b12-6-. The summed E-state index contributed by atoms with van der Waals surface area (Å²) >= 11 is 6.43. The van der Waals surface area contributed by atoms with E-state index in [9.17, 15) is 15.2 Å². The van der Waals surface area contributed by atoms with Gasteiger partial charge in [0.25, 0.3) is 0 Å². The Hall–Kier alpha value is -1.90. The molecule has 2 rings (SSSR count). The highest BCUT2D eigenvalue weighted by Crippen LogP contribution is 2.34. The van der Waals surface area contributed by atoms with E-state index in [2.05, 4.69) is 31.9 Å². The van der Waals surface area contributed by atoms with E-state index in [0.717, 1.165) is 0 Å². The highest BCUT2D eigenvalue weighted by Gasteiger charge is 2.12. The van der Waals surface area contributed by atoms with Crippen LogP contribution in [0.2, 0.25) is 0 Å². The van der Waals surface area contributed by atoms with Crippen LogP contribution in [-0.4, -0.2) is 10.9 Å². The van der Waals surface area contributed by atoms with Gasteiger partial charge in [-0.25, -0.2) is 0 Å². The van der Waals surface area contributed by atoms with Crippen LogP contribution in [0.25, 0.3) is 6.08 Å². The van der Waals surface area contributed by atoms with E-state index < -0.39 is 0 Å². The van der Waals surface area contributed by atoms with Crippen LogP contribution in [0, 0.1) is 11.3 Å². The fraction of sp³-hybridized carbons (Fsp3) is 0. The Morgan fingerprint density at radius 2 is 1.71 bits per heavy atom. The maximum atomic E-state index is 12.3. The van der Waals surface area contributed by atoms with E-state index in [1.165, 1.54) is 6.08 Å². The lowest BCUT2D eigenvalue weighted by Gasteiger charge is -2.03. The van der Waals surface area contributed by atoms with Crippen molar-refractivity contribution in [2.45, 2.75) is 0 Å². The molecule has 0 radical (unpaired) electrons. The molecule has 3 nitrogen and oxygen atoms in total. The number of ketones is 1. The third kappa shape index (κ3) is 3.60. The lowest BCUT2D eigenvalue weighted by molar-refractivity contribution is 0.104. The molecule has 0 aliphatic carbocycles. The van der Waals surface area contributed by atoms with Gasteiger partial charge in [0, 0.05) is 5.56 Å². The van der Waals surface area contributed by atoms with Gasteiger partial charge >= 0.3 is 0 Å². The number of hydrogen-bond donors (Lipinski definition) is 1. The number of phenols is 1. The minimum atomic E-state index is -0.335. The number of carbonyl (C=O) groups is 1. The summed E-state index contributed by atoms with van der Waals surface area (Å²) in [7, 11) is 0. The molecule has 0 aliphatic heterocycles. The van der Waals surface area contributed by atoms with Gasteiger partial charge in [-0.2, -0.15) is 5.26 Å². The van der Waals surface area contributed by atoms with Crippen molar-refractivity contribution >= 4 is 43.7 Å². The van der Waals surface area contributed by atoms with Gasteiger partial charge in [0.1, 0.15) is 17.4 Å². The molecule has 0 aliphatic rings. The number of hydrogen-bond acceptors (Lipinski definition) is 3. The second-order valence-corrected chi connectivity index (χ2v) is 5.91. The number of allylic oxidation sites excluding steroid dienone is 1. The van der Waals surface area contributed by atoms with E-state index >= 15 is 0 Å². The van der Waals surface area contributed by atoms with Gasteiger partial charge in [0.15, 0.2) is 0 Å². The molecule has 0 saturated heterocycles. The Morgan fingerprint density at radius 1 is 1.14 bits per heavy atom. The smallest absolute Gasteiger partial charge is 0.203 e. The average Bonchev–Trinajstić information content (AvgIpc) is 2.50. The second kappa shape index (κ2) is 6.70. The van der Waals surface area contributed by atoms with Gasteiger partial charge in [-0.3, -0.25) is 4.79 Å². The molecule has 0 unspecified atom stereocenters. The number of Topliss-reactive ketones (excluding diaryl/α,β-unsaturated/α-hetero) is 1. The van der Waals surface area contributed by atoms with Crippen molar-refractivity contribution in [2.24, 2.45) is 0 Å². The number of rotatable bonds is 3. The molecule has 2 aromatic rings. The normalized spacial score (nSPS) is 11.0. The van der Waals surface area contributed by atoms with Crippen LogP contribution in [0.3, 0.4) is 0 Å². The molecule has 2 aromatic carbocycles. The SMILES string of the molecule is N#C/C(=C/c1cc(Br)c(O)c(Br)c1)C(=O)c1ccccc1. The summed E-state index contributed by atoms with van der Waals surface area (Å²) in [6, 6.07) is 13.8. The molecule has 0 fully saturated rings. The van der Waals surface area contributed by atoms with Crippen molar-refractivity contribution in [1.82, 2.24) is 0 Å². The summed E-state index contributed by atoms with van der Waals surface area (Å²) < 4.78 is 0.958. The summed E-state index contributed by atoms with van der Waals surface area (Å²) in [6.07, 6.45) is 1.49. The molecule has 0 saturated carbocycles. The molecular formula is C16H9Br2NO2. The first kappa shape index (κ1) is 15.5. The minimum Gasteiger partial charge on any atom is -0.506 e. The molecule has 0 heterocycles. The molecule has 0 aromatic heterocycles. The number of halogens is 2. The van der Waals surface area contributed by atoms with Crippen molar-refractivity contribution in [3.8, 4) is 11.8 Å². The molecule has 0 spiro atoms. The van der Waals surface area contributed by atoms with Crippen molar-refractivity contribution in [3.05, 3.63) is 68.1 Å². The van der Waals surface area contributed by atoms with Crippen LogP contribution in [0.15, 0.2) is 57.0 Å². The van der Waals surface area contributed by atoms with Crippen LogP contribution < -0.4 is 0 Å². The van der Waals surface area contributed by atoms with Gasteiger partial charge in [0.05, 0.1) is 8.95 Å².